The Kier molecular flexibility index (Phi) is 3.64. The highest BCUT2D eigenvalue weighted by molar-refractivity contribution is 6.33. The molecule has 1 aromatic carbocycles. The van der Waals surface area contributed by atoms with Crippen LogP contribution in [0.15, 0.2) is 29.8 Å². The van der Waals surface area contributed by atoms with Gasteiger partial charge < -0.3 is 5.32 Å². The lowest BCUT2D eigenvalue weighted by atomic mass is 10.2. The number of benzene rings is 1. The maximum atomic E-state index is 5.98. The molecular formula is C10H11Cl2N. The summed E-state index contributed by atoms with van der Waals surface area (Å²) in [5.74, 6) is 0. The second kappa shape index (κ2) is 4.54. The van der Waals surface area contributed by atoms with Crippen LogP contribution in [0.3, 0.4) is 0 Å². The van der Waals surface area contributed by atoms with Gasteiger partial charge in [0.15, 0.2) is 0 Å². The van der Waals surface area contributed by atoms with Crippen molar-refractivity contribution >= 4 is 28.9 Å². The minimum atomic E-state index is 0.532. The van der Waals surface area contributed by atoms with Gasteiger partial charge in [0.2, 0.25) is 0 Å². The zero-order valence-electron chi connectivity index (χ0n) is 7.40. The molecule has 0 aliphatic carbocycles. The lowest BCUT2D eigenvalue weighted by Crippen LogP contribution is -2.01. The highest BCUT2D eigenvalue weighted by Crippen LogP contribution is 2.22. The Hall–Kier alpha value is -0.660. The summed E-state index contributed by atoms with van der Waals surface area (Å²) in [5, 5.41) is 4.35. The Morgan fingerprint density at radius 3 is 2.77 bits per heavy atom. The van der Waals surface area contributed by atoms with Gasteiger partial charge in [0.25, 0.3) is 0 Å². The van der Waals surface area contributed by atoms with Crippen LogP contribution in [-0.4, -0.2) is 6.54 Å². The van der Waals surface area contributed by atoms with Crippen molar-refractivity contribution in [2.75, 3.05) is 11.9 Å². The molecule has 3 heteroatoms. The molecule has 1 nitrogen and oxygen atoms in total. The third kappa shape index (κ3) is 3.29. The second-order valence-corrected chi connectivity index (χ2v) is 3.80. The maximum Gasteiger partial charge on any atom is 0.0640 e. The number of hydrogen-bond acceptors (Lipinski definition) is 1. The lowest BCUT2D eigenvalue weighted by Gasteiger charge is -2.07. The summed E-state index contributed by atoms with van der Waals surface area (Å²) in [7, 11) is 0. The molecule has 0 aliphatic rings. The van der Waals surface area contributed by atoms with Gasteiger partial charge in [0.1, 0.15) is 0 Å². The Balaban J connectivity index is 2.72. The summed E-state index contributed by atoms with van der Waals surface area (Å²) < 4.78 is 0. The first-order chi connectivity index (χ1) is 6.09. The molecular weight excluding hydrogens is 205 g/mol. The van der Waals surface area contributed by atoms with Crippen LogP contribution in [0.25, 0.3) is 0 Å². The molecule has 0 aromatic heterocycles. The number of rotatable bonds is 3. The van der Waals surface area contributed by atoms with E-state index < -0.39 is 0 Å². The van der Waals surface area contributed by atoms with Gasteiger partial charge in [-0.25, -0.2) is 0 Å². The predicted octanol–water partition coefficient (Wildman–Crippen LogP) is 3.81. The van der Waals surface area contributed by atoms with Gasteiger partial charge >= 0.3 is 0 Å². The van der Waals surface area contributed by atoms with Gasteiger partial charge in [0.05, 0.1) is 17.3 Å². The first-order valence-electron chi connectivity index (χ1n) is 3.93. The van der Waals surface area contributed by atoms with E-state index in [1.165, 1.54) is 0 Å². The van der Waals surface area contributed by atoms with Gasteiger partial charge in [-0.1, -0.05) is 35.8 Å². The van der Waals surface area contributed by atoms with Crippen LogP contribution in [0, 0.1) is 6.92 Å². The third-order valence-electron chi connectivity index (χ3n) is 1.60. The van der Waals surface area contributed by atoms with E-state index in [9.17, 15) is 0 Å². The van der Waals surface area contributed by atoms with Gasteiger partial charge in [-0.2, -0.15) is 0 Å². The van der Waals surface area contributed by atoms with E-state index in [2.05, 4.69) is 11.9 Å². The Morgan fingerprint density at radius 2 is 2.23 bits per heavy atom. The quantitative estimate of drug-likeness (QED) is 0.809. The highest BCUT2D eigenvalue weighted by Gasteiger charge is 1.98. The van der Waals surface area contributed by atoms with Crippen LogP contribution >= 0.6 is 23.2 Å². The molecule has 1 N–H and O–H groups in total. The largest absolute Gasteiger partial charge is 0.379 e. The van der Waals surface area contributed by atoms with Crippen molar-refractivity contribution in [1.82, 2.24) is 0 Å². The molecule has 0 unspecified atom stereocenters. The molecule has 0 aliphatic heterocycles. The Labute approximate surface area is 88.4 Å². The van der Waals surface area contributed by atoms with E-state index in [1.54, 1.807) is 0 Å². The third-order valence-corrected chi connectivity index (χ3v) is 2.04. The summed E-state index contributed by atoms with van der Waals surface area (Å²) in [5.41, 5.74) is 2.02. The van der Waals surface area contributed by atoms with Crippen molar-refractivity contribution in [1.29, 1.82) is 0 Å². The summed E-state index contributed by atoms with van der Waals surface area (Å²) in [6.07, 6.45) is 0. The number of nitrogens with one attached hydrogen (secondary N) is 1. The van der Waals surface area contributed by atoms with E-state index in [-0.39, 0.29) is 0 Å². The molecule has 1 rings (SSSR count). The summed E-state index contributed by atoms with van der Waals surface area (Å²) >= 11 is 11.6. The topological polar surface area (TPSA) is 12.0 Å². The van der Waals surface area contributed by atoms with Crippen molar-refractivity contribution in [3.05, 3.63) is 40.4 Å². The molecule has 0 radical (unpaired) electrons. The molecule has 0 bridgehead atoms. The van der Waals surface area contributed by atoms with Crippen molar-refractivity contribution in [2.45, 2.75) is 6.92 Å². The number of halogens is 2. The smallest absolute Gasteiger partial charge is 0.0640 e. The predicted molar refractivity (Wildman–Crippen MR) is 59.7 cm³/mol. The lowest BCUT2D eigenvalue weighted by molar-refractivity contribution is 1.31. The van der Waals surface area contributed by atoms with E-state index in [1.807, 2.05) is 25.1 Å². The van der Waals surface area contributed by atoms with Gasteiger partial charge in [-0.3, -0.25) is 0 Å². The minimum Gasteiger partial charge on any atom is -0.379 e. The van der Waals surface area contributed by atoms with Crippen molar-refractivity contribution in [3.8, 4) is 0 Å². The van der Waals surface area contributed by atoms with E-state index in [4.69, 9.17) is 23.2 Å². The van der Waals surface area contributed by atoms with Crippen LogP contribution in [0.4, 0.5) is 5.69 Å². The van der Waals surface area contributed by atoms with Crippen molar-refractivity contribution in [3.63, 3.8) is 0 Å². The molecule has 0 heterocycles. The van der Waals surface area contributed by atoms with E-state index >= 15 is 0 Å². The molecule has 13 heavy (non-hydrogen) atoms. The highest BCUT2D eigenvalue weighted by atomic mass is 35.5. The summed E-state index contributed by atoms with van der Waals surface area (Å²) in [4.78, 5) is 0. The van der Waals surface area contributed by atoms with Gasteiger partial charge in [-0.05, 0) is 24.6 Å². The summed E-state index contributed by atoms with van der Waals surface area (Å²) in [6, 6.07) is 5.82. The van der Waals surface area contributed by atoms with Crippen LogP contribution < -0.4 is 5.32 Å². The minimum absolute atomic E-state index is 0.532. The fourth-order valence-corrected chi connectivity index (χ4v) is 1.32. The standard InChI is InChI=1S/C10H11Cl2N/c1-7-3-4-10(9(12)5-7)13-6-8(2)11/h3-5,13H,2,6H2,1H3. The van der Waals surface area contributed by atoms with Crippen molar-refractivity contribution < 1.29 is 0 Å². The fourth-order valence-electron chi connectivity index (χ4n) is 0.955. The molecule has 0 saturated carbocycles. The fraction of sp³-hybridized carbons (Fsp3) is 0.200. The van der Waals surface area contributed by atoms with Crippen LogP contribution in [-0.2, 0) is 0 Å². The van der Waals surface area contributed by atoms with E-state index in [0.717, 1.165) is 11.3 Å². The van der Waals surface area contributed by atoms with Gasteiger partial charge in [-0.15, -0.1) is 0 Å². The monoisotopic (exact) mass is 215 g/mol. The molecule has 70 valence electrons. The average molecular weight is 216 g/mol. The zero-order valence-corrected chi connectivity index (χ0v) is 8.91. The number of hydrogen-bond donors (Lipinski definition) is 1. The summed E-state index contributed by atoms with van der Waals surface area (Å²) in [6.45, 7) is 6.11. The molecule has 0 fully saturated rings. The molecule has 0 atom stereocenters. The molecule has 0 spiro atoms. The average Bonchev–Trinajstić information content (AvgIpc) is 2.02. The second-order valence-electron chi connectivity index (χ2n) is 2.85. The maximum absolute atomic E-state index is 5.98. The zero-order chi connectivity index (χ0) is 9.84. The first-order valence-corrected chi connectivity index (χ1v) is 4.68. The Morgan fingerprint density at radius 1 is 1.54 bits per heavy atom. The molecule has 1 aromatic rings. The first kappa shape index (κ1) is 10.4. The number of aryl methyl sites for hydroxylation is 1. The normalized spacial score (nSPS) is 9.77. The van der Waals surface area contributed by atoms with Crippen LogP contribution in [0.1, 0.15) is 5.56 Å². The molecule has 0 saturated heterocycles. The van der Waals surface area contributed by atoms with E-state index in [0.29, 0.717) is 16.6 Å². The van der Waals surface area contributed by atoms with Crippen LogP contribution in [0.5, 0.6) is 0 Å². The SMILES string of the molecule is C=C(Cl)CNc1ccc(C)cc1Cl. The van der Waals surface area contributed by atoms with Crippen molar-refractivity contribution in [2.24, 2.45) is 0 Å². The van der Waals surface area contributed by atoms with Gasteiger partial charge in [0, 0.05) is 5.03 Å². The molecule has 0 amide bonds. The number of anilines is 1. The Bertz CT molecular complexity index is 321. The van der Waals surface area contributed by atoms with Crippen LogP contribution in [0.2, 0.25) is 5.02 Å².